The van der Waals surface area contributed by atoms with Crippen LogP contribution >= 0.6 is 0 Å². The third kappa shape index (κ3) is 8.68. The van der Waals surface area contributed by atoms with E-state index in [2.05, 4.69) is 24.1 Å². The van der Waals surface area contributed by atoms with Crippen molar-refractivity contribution in [1.82, 2.24) is 10.3 Å². The van der Waals surface area contributed by atoms with Crippen LogP contribution in [-0.2, 0) is 21.1 Å². The number of carbonyl (C=O) groups is 1. The molecule has 238 valence electrons. The second-order valence-corrected chi connectivity index (χ2v) is 19.1. The van der Waals surface area contributed by atoms with Gasteiger partial charge in [-0.05, 0) is 72.8 Å². The van der Waals surface area contributed by atoms with E-state index in [0.717, 1.165) is 21.5 Å². The molecule has 45 heavy (non-hydrogen) atoms. The lowest BCUT2D eigenvalue weighted by Crippen LogP contribution is -2.65. The molecule has 0 atom stereocenters. The number of rotatable bonds is 12. The van der Waals surface area contributed by atoms with Crippen molar-refractivity contribution in [3.05, 3.63) is 109 Å². The summed E-state index contributed by atoms with van der Waals surface area (Å²) in [6.45, 7) is 9.86. The van der Waals surface area contributed by atoms with Crippen LogP contribution in [0.15, 0.2) is 108 Å². The fourth-order valence-electron chi connectivity index (χ4n) is 5.50. The maximum Gasteiger partial charge on any atom is 0.407 e. The van der Waals surface area contributed by atoms with Gasteiger partial charge in [0.25, 0.3) is 8.32 Å². The average Bonchev–Trinajstić information content (AvgIpc) is 3.02. The van der Waals surface area contributed by atoms with Gasteiger partial charge in [0.05, 0.1) is 22.9 Å². The first-order valence-corrected chi connectivity index (χ1v) is 18.9. The van der Waals surface area contributed by atoms with Crippen molar-refractivity contribution in [2.24, 2.45) is 0 Å². The number of aromatic nitrogens is 1. The Morgan fingerprint density at radius 2 is 1.36 bits per heavy atom. The lowest BCUT2D eigenvalue weighted by molar-refractivity contribution is 0.0523. The number of carbonyl (C=O) groups excluding carboxylic acids is 1. The van der Waals surface area contributed by atoms with Gasteiger partial charge in [-0.15, -0.1) is 0 Å². The summed E-state index contributed by atoms with van der Waals surface area (Å²) in [5.74, 6) is 0.0417. The summed E-state index contributed by atoms with van der Waals surface area (Å²) in [7, 11) is -6.60. The van der Waals surface area contributed by atoms with Gasteiger partial charge in [-0.3, -0.25) is 4.98 Å². The number of hydrogen-bond donors (Lipinski definition) is 2. The fourth-order valence-corrected chi connectivity index (χ4v) is 10.7. The zero-order valence-electron chi connectivity index (χ0n) is 26.8. The number of benzene rings is 3. The number of nitrogens with one attached hydrogen (secondary N) is 1. The second-order valence-electron chi connectivity index (χ2n) is 13.0. The first kappa shape index (κ1) is 34.1. The van der Waals surface area contributed by atoms with E-state index in [0.29, 0.717) is 25.0 Å². The molecule has 0 aliphatic rings. The van der Waals surface area contributed by atoms with Crippen molar-refractivity contribution in [1.29, 1.82) is 0 Å². The van der Waals surface area contributed by atoms with Crippen LogP contribution in [0, 0.1) is 0 Å². The molecule has 0 unspecified atom stereocenters. The summed E-state index contributed by atoms with van der Waals surface area (Å²) in [6, 6.07) is 30.3. The molecule has 7 nitrogen and oxygen atoms in total. The number of amides is 1. The topological polar surface area (TPSA) is 106 Å². The number of ether oxygens (including phenoxy) is 1. The van der Waals surface area contributed by atoms with Gasteiger partial charge < -0.3 is 14.8 Å². The number of sulfone groups is 1. The van der Waals surface area contributed by atoms with Crippen LogP contribution in [0.2, 0.25) is 5.04 Å². The van der Waals surface area contributed by atoms with Crippen LogP contribution in [0.5, 0.6) is 0 Å². The number of alkyl carbamates (subject to hydrolysis) is 1. The Hall–Kier alpha value is -3.79. The second kappa shape index (κ2) is 14.1. The molecule has 1 aromatic heterocycles. The van der Waals surface area contributed by atoms with Crippen LogP contribution in [0.1, 0.15) is 59.6 Å². The van der Waals surface area contributed by atoms with Crippen molar-refractivity contribution in [2.75, 3.05) is 5.75 Å². The van der Waals surface area contributed by atoms with Gasteiger partial charge >= 0.3 is 6.09 Å². The minimum absolute atomic E-state index is 0.0417. The molecule has 0 radical (unpaired) electrons. The Morgan fingerprint density at radius 1 is 0.800 bits per heavy atom. The van der Waals surface area contributed by atoms with E-state index < -0.39 is 34.9 Å². The third-order valence-corrected chi connectivity index (χ3v) is 14.4. The average molecular weight is 645 g/mol. The lowest BCUT2D eigenvalue weighted by Gasteiger charge is -2.41. The van der Waals surface area contributed by atoms with Crippen molar-refractivity contribution in [3.8, 4) is 11.1 Å². The predicted molar refractivity (Wildman–Crippen MR) is 183 cm³/mol. The van der Waals surface area contributed by atoms with Gasteiger partial charge in [0.1, 0.15) is 5.60 Å². The minimum atomic E-state index is -3.47. The molecule has 4 aromatic rings. The molecule has 4 rings (SSSR count). The lowest BCUT2D eigenvalue weighted by atomic mass is 10.1. The summed E-state index contributed by atoms with van der Waals surface area (Å²) in [5, 5.41) is 4.18. The quantitative estimate of drug-likeness (QED) is 0.140. The first-order chi connectivity index (χ1) is 21.2. The van der Waals surface area contributed by atoms with Crippen LogP contribution in [0.3, 0.4) is 0 Å². The monoisotopic (exact) mass is 644 g/mol. The summed E-state index contributed by atoms with van der Waals surface area (Å²) in [6.07, 6.45) is 3.08. The SMILES string of the molecule is CC(C)(C)OC(=O)NCc1ccc(-c2ccc(S(=O)(=O)CCCCC(C)(C)[Si](O)(c3ccccc3)c3ccccc3)cc2)cn1. The zero-order valence-corrected chi connectivity index (χ0v) is 28.6. The molecule has 1 heterocycles. The van der Waals surface area contributed by atoms with E-state index in [1.165, 1.54) is 0 Å². The van der Waals surface area contributed by atoms with Gasteiger partial charge in [0.15, 0.2) is 9.84 Å². The van der Waals surface area contributed by atoms with E-state index in [1.54, 1.807) is 51.2 Å². The van der Waals surface area contributed by atoms with E-state index >= 15 is 0 Å². The van der Waals surface area contributed by atoms with Crippen molar-refractivity contribution < 1.29 is 22.7 Å². The molecule has 0 aliphatic heterocycles. The van der Waals surface area contributed by atoms with Gasteiger partial charge in [-0.1, -0.05) is 99.1 Å². The molecular formula is C36H44N2O5SSi. The summed E-state index contributed by atoms with van der Waals surface area (Å²) < 4.78 is 31.7. The minimum Gasteiger partial charge on any atom is -0.444 e. The van der Waals surface area contributed by atoms with Crippen LogP contribution < -0.4 is 15.7 Å². The molecule has 1 amide bonds. The van der Waals surface area contributed by atoms with Crippen LogP contribution in [-0.4, -0.2) is 44.0 Å². The maximum atomic E-state index is 13.2. The fraction of sp³-hybridized carbons (Fsp3) is 0.333. The molecule has 0 fully saturated rings. The van der Waals surface area contributed by atoms with Gasteiger partial charge in [-0.2, -0.15) is 0 Å². The summed E-state index contributed by atoms with van der Waals surface area (Å²) in [5.41, 5.74) is 1.80. The van der Waals surface area contributed by atoms with Gasteiger partial charge in [-0.25, -0.2) is 13.2 Å². The molecule has 3 aromatic carbocycles. The highest BCUT2D eigenvalue weighted by Crippen LogP contribution is 2.40. The Bertz CT molecular complexity index is 1610. The molecule has 9 heteroatoms. The smallest absolute Gasteiger partial charge is 0.407 e. The summed E-state index contributed by atoms with van der Waals surface area (Å²) in [4.78, 5) is 28.9. The van der Waals surface area contributed by atoms with E-state index in [9.17, 15) is 18.0 Å². The molecule has 0 bridgehead atoms. The van der Waals surface area contributed by atoms with Crippen LogP contribution in [0.25, 0.3) is 11.1 Å². The van der Waals surface area contributed by atoms with E-state index in [4.69, 9.17) is 4.74 Å². The van der Waals surface area contributed by atoms with E-state index in [-0.39, 0.29) is 17.2 Å². The van der Waals surface area contributed by atoms with Crippen molar-refractivity contribution in [2.45, 2.75) is 76.0 Å². The van der Waals surface area contributed by atoms with E-state index in [1.807, 2.05) is 72.8 Å². The molecule has 0 aliphatic carbocycles. The third-order valence-electron chi connectivity index (χ3n) is 8.01. The normalized spacial score (nSPS) is 12.5. The molecular weight excluding hydrogens is 601 g/mol. The van der Waals surface area contributed by atoms with Crippen molar-refractivity contribution >= 4 is 34.6 Å². The molecule has 0 spiro atoms. The Kier molecular flexibility index (Phi) is 10.7. The van der Waals surface area contributed by atoms with Crippen molar-refractivity contribution in [3.63, 3.8) is 0 Å². The maximum absolute atomic E-state index is 13.2. The highest BCUT2D eigenvalue weighted by molar-refractivity contribution is 7.91. The summed E-state index contributed by atoms with van der Waals surface area (Å²) >= 11 is 0. The number of nitrogens with zero attached hydrogens (tertiary/aromatic N) is 1. The number of unbranched alkanes of at least 4 members (excludes halogenated alkanes) is 1. The highest BCUT2D eigenvalue weighted by atomic mass is 32.2. The largest absolute Gasteiger partial charge is 0.444 e. The van der Waals surface area contributed by atoms with Crippen LogP contribution in [0.4, 0.5) is 4.79 Å². The Balaban J connectivity index is 1.35. The molecule has 0 saturated carbocycles. The zero-order chi connectivity index (χ0) is 32.7. The first-order valence-electron chi connectivity index (χ1n) is 15.3. The predicted octanol–water partition coefficient (Wildman–Crippen LogP) is 6.25. The van der Waals surface area contributed by atoms with Gasteiger partial charge in [0.2, 0.25) is 0 Å². The molecule has 2 N–H and O–H groups in total. The number of hydrogen-bond acceptors (Lipinski definition) is 6. The number of pyridine rings is 1. The Labute approximate surface area is 268 Å². The Morgan fingerprint density at radius 3 is 1.87 bits per heavy atom. The highest BCUT2D eigenvalue weighted by Gasteiger charge is 2.49. The molecule has 0 saturated heterocycles. The standard InChI is InChI=1S/C36H44N2O5SSi/c1-35(2,3)43-34(39)38-27-30-21-18-29(26-37-30)28-19-22-31(23-20-28)44(40,41)25-13-12-24-36(4,5)45(42,32-14-8-6-9-15-32)33-16-10-7-11-17-33/h6-11,14-23,26,42H,12-13,24-25,27H2,1-5H3,(H,38,39). The van der Waals surface area contributed by atoms with Gasteiger partial charge in [0, 0.05) is 11.8 Å².